The summed E-state index contributed by atoms with van der Waals surface area (Å²) >= 11 is 6.33. The van der Waals surface area contributed by atoms with E-state index in [4.69, 9.17) is 25.8 Å². The molecule has 3 heterocycles. The lowest BCUT2D eigenvalue weighted by Gasteiger charge is -2.33. The van der Waals surface area contributed by atoms with Crippen molar-refractivity contribution in [1.82, 2.24) is 19.7 Å². The Bertz CT molecular complexity index is 1790. The molecule has 1 saturated carbocycles. The monoisotopic (exact) mass is 741 g/mol. The molecule has 1 atom stereocenters. The topological polar surface area (TPSA) is 125 Å². The van der Waals surface area contributed by atoms with Crippen LogP contribution < -0.4 is 14.2 Å². The van der Waals surface area contributed by atoms with Gasteiger partial charge in [0.2, 0.25) is 5.88 Å². The number of aromatic nitrogens is 3. The number of sulfonamides is 1. The number of carbonyl (C=O) groups is 1. The van der Waals surface area contributed by atoms with E-state index in [1.165, 1.54) is 41.2 Å². The van der Waals surface area contributed by atoms with Crippen molar-refractivity contribution < 1.29 is 40.6 Å². The molecule has 2 aliphatic rings. The van der Waals surface area contributed by atoms with Gasteiger partial charge in [-0.1, -0.05) is 17.7 Å². The van der Waals surface area contributed by atoms with E-state index in [0.717, 1.165) is 12.8 Å². The lowest BCUT2D eigenvalue weighted by molar-refractivity contribution is -0.190. The molecule has 1 aliphatic heterocycles. The van der Waals surface area contributed by atoms with Crippen molar-refractivity contribution in [2.45, 2.75) is 95.4 Å². The largest absolute Gasteiger partial charge is 0.494 e. The number of ether oxygens (including phenoxy) is 3. The second-order valence-electron chi connectivity index (χ2n) is 14.5. The number of hydrogen-bond acceptors (Lipinski definition) is 8. The summed E-state index contributed by atoms with van der Waals surface area (Å²) in [5.74, 6) is 1.05. The number of benzene rings is 1. The first kappa shape index (κ1) is 37.5. The zero-order chi connectivity index (χ0) is 36.5. The molecule has 11 nitrogen and oxygen atoms in total. The lowest BCUT2D eigenvalue weighted by atomic mass is 9.93. The first-order valence-corrected chi connectivity index (χ1v) is 18.3. The number of amides is 1. The van der Waals surface area contributed by atoms with Crippen molar-refractivity contribution in [2.75, 3.05) is 24.5 Å². The Labute approximate surface area is 295 Å². The number of rotatable bonds is 13. The van der Waals surface area contributed by atoms with Crippen LogP contribution in [0.25, 0.3) is 5.82 Å². The van der Waals surface area contributed by atoms with Crippen LogP contribution in [0.1, 0.15) is 73.1 Å². The number of anilines is 1. The number of pyridine rings is 1. The van der Waals surface area contributed by atoms with Gasteiger partial charge in [-0.3, -0.25) is 4.72 Å². The Morgan fingerprint density at radius 1 is 1.08 bits per heavy atom. The second-order valence-corrected chi connectivity index (χ2v) is 16.6. The van der Waals surface area contributed by atoms with Gasteiger partial charge in [0.15, 0.2) is 11.0 Å². The highest BCUT2D eigenvalue weighted by atomic mass is 35.5. The van der Waals surface area contributed by atoms with E-state index < -0.39 is 27.2 Å². The summed E-state index contributed by atoms with van der Waals surface area (Å²) < 4.78 is 86.6. The van der Waals surface area contributed by atoms with Gasteiger partial charge in [0.05, 0.1) is 29.2 Å². The van der Waals surface area contributed by atoms with Crippen LogP contribution in [-0.4, -0.2) is 71.3 Å². The predicted octanol–water partition coefficient (Wildman–Crippen LogP) is 8.03. The fourth-order valence-electron chi connectivity index (χ4n) is 6.03. The van der Waals surface area contributed by atoms with Gasteiger partial charge in [-0.05, 0) is 103 Å². The van der Waals surface area contributed by atoms with Crippen molar-refractivity contribution in [3.63, 3.8) is 0 Å². The predicted molar refractivity (Wildman–Crippen MR) is 181 cm³/mol. The molecule has 0 unspecified atom stereocenters. The highest BCUT2D eigenvalue weighted by Crippen LogP contribution is 2.59. The normalized spacial score (nSPS) is 18.5. The van der Waals surface area contributed by atoms with Crippen LogP contribution >= 0.6 is 11.6 Å². The third kappa shape index (κ3) is 9.14. The smallest absolute Gasteiger partial charge is 0.410 e. The van der Waals surface area contributed by atoms with Crippen LogP contribution in [0.5, 0.6) is 11.6 Å². The van der Waals surface area contributed by atoms with E-state index >= 15 is 0 Å². The summed E-state index contributed by atoms with van der Waals surface area (Å²) in [6.45, 7) is 10.5. The van der Waals surface area contributed by atoms with Crippen LogP contribution in [0.4, 0.5) is 23.7 Å². The maximum atomic E-state index is 13.2. The number of likely N-dealkylation sites (tertiary alicyclic amines) is 1. The van der Waals surface area contributed by atoms with Crippen LogP contribution in [0, 0.1) is 11.3 Å². The highest BCUT2D eigenvalue weighted by Gasteiger charge is 2.62. The maximum absolute atomic E-state index is 13.2. The van der Waals surface area contributed by atoms with E-state index in [-0.39, 0.29) is 70.9 Å². The molecule has 1 N–H and O–H groups in total. The molecule has 16 heteroatoms. The Morgan fingerprint density at radius 2 is 1.82 bits per heavy atom. The molecule has 274 valence electrons. The van der Waals surface area contributed by atoms with Gasteiger partial charge in [-0.2, -0.15) is 13.2 Å². The van der Waals surface area contributed by atoms with E-state index in [1.54, 1.807) is 17.0 Å². The first-order valence-electron chi connectivity index (χ1n) is 16.5. The number of hydrogen-bond donors (Lipinski definition) is 1. The van der Waals surface area contributed by atoms with Gasteiger partial charge in [0.1, 0.15) is 11.4 Å². The Hall–Kier alpha value is -3.72. The van der Waals surface area contributed by atoms with Gasteiger partial charge in [-0.25, -0.2) is 22.9 Å². The van der Waals surface area contributed by atoms with Gasteiger partial charge in [0.25, 0.3) is 10.0 Å². The van der Waals surface area contributed by atoms with E-state index in [0.29, 0.717) is 25.3 Å². The summed E-state index contributed by atoms with van der Waals surface area (Å²) in [6.07, 6.45) is -0.602. The van der Waals surface area contributed by atoms with Gasteiger partial charge in [0, 0.05) is 30.4 Å². The molecule has 0 bridgehead atoms. The zero-order valence-electron chi connectivity index (χ0n) is 28.7. The van der Waals surface area contributed by atoms with Crippen LogP contribution in [0.15, 0.2) is 53.6 Å². The molecular weight excluding hydrogens is 699 g/mol. The molecule has 1 saturated heterocycles. The standard InChI is InChI=1S/C34H43ClF3N5O6S/c1-31(2,3)49-30(44)42-22-23(21-32(42,4)5)8-7-18-47-24-9-6-10-25(20-24)50(45,46)41-26-11-12-27(39-29(26)35)43-17-13-28(40-43)48-19-16-33(14-15-33)34(36,37)38/h6,9-13,17,20,23,41H,7-8,14-16,18-19,21-22H2,1-5H3/t23-/m0/s1. The van der Waals surface area contributed by atoms with Crippen LogP contribution in [0.3, 0.4) is 0 Å². The molecule has 50 heavy (non-hydrogen) atoms. The van der Waals surface area contributed by atoms with Gasteiger partial charge < -0.3 is 19.1 Å². The first-order chi connectivity index (χ1) is 23.3. The average Bonchev–Trinajstić information content (AvgIpc) is 3.56. The SMILES string of the molecule is CC(C)(C)OC(=O)N1C[C@@H](CCCOc2cccc(S(=O)(=O)Nc3ccc(-n4ccc(OCCC5(C(F)(F)F)CC5)n4)nc3Cl)c2)CC1(C)C. The summed E-state index contributed by atoms with van der Waals surface area (Å²) in [5.41, 5.74) is -2.51. The zero-order valence-corrected chi connectivity index (χ0v) is 30.3. The maximum Gasteiger partial charge on any atom is 0.410 e. The number of carbonyl (C=O) groups excluding carboxylic acids is 1. The van der Waals surface area contributed by atoms with Crippen LogP contribution in [0.2, 0.25) is 5.15 Å². The van der Waals surface area contributed by atoms with Crippen molar-refractivity contribution in [3.8, 4) is 17.4 Å². The Morgan fingerprint density at radius 3 is 2.48 bits per heavy atom. The lowest BCUT2D eigenvalue weighted by Crippen LogP contribution is -2.45. The molecule has 2 fully saturated rings. The van der Waals surface area contributed by atoms with E-state index in [2.05, 4.69) is 14.8 Å². The van der Waals surface area contributed by atoms with Crippen molar-refractivity contribution in [3.05, 3.63) is 53.8 Å². The van der Waals surface area contributed by atoms with E-state index in [9.17, 15) is 26.4 Å². The third-order valence-electron chi connectivity index (χ3n) is 8.88. The fraction of sp³-hybridized carbons (Fsp3) is 0.559. The van der Waals surface area contributed by atoms with Crippen LogP contribution in [-0.2, 0) is 14.8 Å². The molecule has 5 rings (SSSR count). The fourth-order valence-corrected chi connectivity index (χ4v) is 7.39. The molecule has 1 aliphatic carbocycles. The Balaban J connectivity index is 1.11. The number of nitrogens with one attached hydrogen (secondary N) is 1. The minimum atomic E-state index is -4.25. The molecule has 3 aromatic rings. The minimum Gasteiger partial charge on any atom is -0.494 e. The number of halogens is 4. The van der Waals surface area contributed by atoms with Gasteiger partial charge >= 0.3 is 12.3 Å². The summed E-state index contributed by atoms with van der Waals surface area (Å²) in [5, 5.41) is 4.04. The quantitative estimate of drug-likeness (QED) is 0.138. The minimum absolute atomic E-state index is 0.0342. The molecular formula is C34H43ClF3N5O6S. The van der Waals surface area contributed by atoms with E-state index in [1.807, 2.05) is 34.6 Å². The molecule has 0 radical (unpaired) electrons. The van der Waals surface area contributed by atoms with Crippen molar-refractivity contribution in [2.24, 2.45) is 11.3 Å². The third-order valence-corrected chi connectivity index (χ3v) is 10.5. The van der Waals surface area contributed by atoms with Gasteiger partial charge in [-0.15, -0.1) is 5.10 Å². The Kier molecular flexibility index (Phi) is 10.6. The second kappa shape index (κ2) is 14.1. The van der Waals surface area contributed by atoms with Crippen molar-refractivity contribution >= 4 is 33.4 Å². The highest BCUT2D eigenvalue weighted by molar-refractivity contribution is 7.92. The number of alkyl halides is 3. The molecule has 1 aromatic carbocycles. The molecule has 1 amide bonds. The molecule has 0 spiro atoms. The number of nitrogens with zero attached hydrogens (tertiary/aromatic N) is 4. The molecule has 2 aromatic heterocycles. The summed E-state index contributed by atoms with van der Waals surface area (Å²) in [7, 11) is -4.07. The van der Waals surface area contributed by atoms with Crippen molar-refractivity contribution in [1.29, 1.82) is 0 Å². The average molecular weight is 742 g/mol. The summed E-state index contributed by atoms with van der Waals surface area (Å²) in [6, 6.07) is 10.5. The summed E-state index contributed by atoms with van der Waals surface area (Å²) in [4.78, 5) is 18.7.